The third-order valence-corrected chi connectivity index (χ3v) is 3.15. The van der Waals surface area contributed by atoms with Crippen molar-refractivity contribution in [1.82, 2.24) is 4.98 Å². The van der Waals surface area contributed by atoms with Crippen molar-refractivity contribution in [2.24, 2.45) is 0 Å². The molecule has 2 heterocycles. The number of aromatic carboxylic acids is 1. The third kappa shape index (κ3) is 3.25. The Bertz CT molecular complexity index is 541. The fourth-order valence-corrected chi connectivity index (χ4v) is 2.20. The predicted octanol–water partition coefficient (Wildman–Crippen LogP) is 3.32. The summed E-state index contributed by atoms with van der Waals surface area (Å²) in [5, 5.41) is 9.69. The molecule has 0 bridgehead atoms. The fraction of sp³-hybridized carbons (Fsp3) is 0.0909. The minimum absolute atomic E-state index is 0.0553. The number of pyridine rings is 1. The molecule has 0 aliphatic carbocycles. The molecular weight excluding hydrogens is 262 g/mol. The number of thioether (sulfide) groups is 1. The average Bonchev–Trinajstić information content (AvgIpc) is 2.75. The van der Waals surface area contributed by atoms with Crippen molar-refractivity contribution >= 4 is 29.3 Å². The van der Waals surface area contributed by atoms with E-state index in [0.717, 1.165) is 5.56 Å². The van der Waals surface area contributed by atoms with E-state index >= 15 is 0 Å². The molecule has 2 aromatic rings. The molecule has 0 aliphatic heterocycles. The van der Waals surface area contributed by atoms with Crippen LogP contribution < -0.4 is 0 Å². The highest BCUT2D eigenvalue weighted by molar-refractivity contribution is 7.98. The zero-order valence-corrected chi connectivity index (χ0v) is 10.2. The number of rotatable bonds is 4. The van der Waals surface area contributed by atoms with Crippen molar-refractivity contribution in [3.8, 4) is 0 Å². The number of nitrogens with zero attached hydrogens (tertiary/aromatic N) is 1. The van der Waals surface area contributed by atoms with Crippen molar-refractivity contribution in [2.45, 2.75) is 10.8 Å². The summed E-state index contributed by atoms with van der Waals surface area (Å²) < 4.78 is 5.11. The molecule has 6 heteroatoms. The Morgan fingerprint density at radius 1 is 1.47 bits per heavy atom. The number of aromatic nitrogens is 1. The zero-order valence-electron chi connectivity index (χ0n) is 8.59. The topological polar surface area (TPSA) is 63.3 Å². The molecule has 2 aromatic heterocycles. The number of carboxylic acids is 1. The molecule has 0 aliphatic rings. The van der Waals surface area contributed by atoms with Gasteiger partial charge in [-0.05, 0) is 29.8 Å². The van der Waals surface area contributed by atoms with Crippen molar-refractivity contribution in [3.05, 3.63) is 46.9 Å². The van der Waals surface area contributed by atoms with Gasteiger partial charge in [-0.3, -0.25) is 0 Å². The summed E-state index contributed by atoms with van der Waals surface area (Å²) in [6.45, 7) is 0. The van der Waals surface area contributed by atoms with E-state index in [9.17, 15) is 4.79 Å². The lowest BCUT2D eigenvalue weighted by atomic mass is 10.3. The first-order chi connectivity index (χ1) is 8.15. The van der Waals surface area contributed by atoms with E-state index in [1.807, 2.05) is 6.07 Å². The van der Waals surface area contributed by atoms with Gasteiger partial charge >= 0.3 is 5.97 Å². The maximum Gasteiger partial charge on any atom is 0.371 e. The molecule has 0 saturated carbocycles. The molecule has 0 fully saturated rings. The van der Waals surface area contributed by atoms with E-state index < -0.39 is 5.97 Å². The Hall–Kier alpha value is -1.46. The molecule has 88 valence electrons. The molecule has 0 radical (unpaired) electrons. The molecule has 0 spiro atoms. The van der Waals surface area contributed by atoms with Crippen LogP contribution in [0.25, 0.3) is 0 Å². The zero-order chi connectivity index (χ0) is 12.3. The summed E-state index contributed by atoms with van der Waals surface area (Å²) in [5.74, 6) is -0.474. The SMILES string of the molecule is O=C(O)c1ccc(SCc2ccnc(Cl)c2)o1. The summed E-state index contributed by atoms with van der Waals surface area (Å²) in [4.78, 5) is 14.5. The largest absolute Gasteiger partial charge is 0.475 e. The number of halogens is 1. The summed E-state index contributed by atoms with van der Waals surface area (Å²) in [6.07, 6.45) is 1.63. The van der Waals surface area contributed by atoms with Gasteiger partial charge in [-0.2, -0.15) is 0 Å². The summed E-state index contributed by atoms with van der Waals surface area (Å²) >= 11 is 7.15. The van der Waals surface area contributed by atoms with E-state index in [2.05, 4.69) is 4.98 Å². The Kier molecular flexibility index (Phi) is 3.71. The number of furan rings is 1. The van der Waals surface area contributed by atoms with Crippen LogP contribution in [-0.2, 0) is 5.75 Å². The van der Waals surface area contributed by atoms with Gasteiger partial charge in [0.1, 0.15) is 5.15 Å². The second-order valence-corrected chi connectivity index (χ2v) is 4.57. The van der Waals surface area contributed by atoms with Crippen LogP contribution in [0.4, 0.5) is 0 Å². The molecule has 0 atom stereocenters. The number of hydrogen-bond donors (Lipinski definition) is 1. The summed E-state index contributed by atoms with van der Waals surface area (Å²) in [6, 6.07) is 6.68. The van der Waals surface area contributed by atoms with Gasteiger partial charge in [0.15, 0.2) is 5.09 Å². The number of hydrogen-bond acceptors (Lipinski definition) is 4. The molecule has 0 saturated heterocycles. The maximum absolute atomic E-state index is 10.6. The van der Waals surface area contributed by atoms with Gasteiger partial charge in [-0.1, -0.05) is 23.4 Å². The molecule has 4 nitrogen and oxygen atoms in total. The monoisotopic (exact) mass is 269 g/mol. The van der Waals surface area contributed by atoms with Crippen LogP contribution in [0.5, 0.6) is 0 Å². The Morgan fingerprint density at radius 2 is 2.29 bits per heavy atom. The van der Waals surface area contributed by atoms with Gasteiger partial charge in [0, 0.05) is 11.9 Å². The van der Waals surface area contributed by atoms with E-state index in [1.54, 1.807) is 18.3 Å². The molecular formula is C11H8ClNO3S. The van der Waals surface area contributed by atoms with Gasteiger partial charge in [0.25, 0.3) is 0 Å². The van der Waals surface area contributed by atoms with Crippen molar-refractivity contribution in [1.29, 1.82) is 0 Å². The second kappa shape index (κ2) is 5.25. The molecule has 1 N–H and O–H groups in total. The lowest BCUT2D eigenvalue weighted by Crippen LogP contribution is -1.91. The first-order valence-electron chi connectivity index (χ1n) is 4.71. The van der Waals surface area contributed by atoms with Crippen molar-refractivity contribution < 1.29 is 14.3 Å². The molecule has 0 amide bonds. The molecule has 2 rings (SSSR count). The average molecular weight is 270 g/mol. The van der Waals surface area contributed by atoms with E-state index in [1.165, 1.54) is 17.8 Å². The highest BCUT2D eigenvalue weighted by Gasteiger charge is 2.09. The first-order valence-corrected chi connectivity index (χ1v) is 6.08. The van der Waals surface area contributed by atoms with Gasteiger partial charge in [-0.25, -0.2) is 9.78 Å². The molecule has 0 unspecified atom stereocenters. The van der Waals surface area contributed by atoms with Crippen LogP contribution in [0.3, 0.4) is 0 Å². The molecule has 0 aromatic carbocycles. The standard InChI is InChI=1S/C11H8ClNO3S/c12-9-5-7(3-4-13-9)6-17-10-2-1-8(16-10)11(14)15/h1-5H,6H2,(H,14,15). The lowest BCUT2D eigenvalue weighted by molar-refractivity contribution is 0.0656. The second-order valence-electron chi connectivity index (χ2n) is 3.20. The van der Waals surface area contributed by atoms with Gasteiger partial charge in [0.2, 0.25) is 5.76 Å². The van der Waals surface area contributed by atoms with Crippen molar-refractivity contribution in [3.63, 3.8) is 0 Å². The van der Waals surface area contributed by atoms with E-state index in [4.69, 9.17) is 21.1 Å². The maximum atomic E-state index is 10.6. The van der Waals surface area contributed by atoms with Crippen LogP contribution in [0.2, 0.25) is 5.15 Å². The van der Waals surface area contributed by atoms with Gasteiger partial charge < -0.3 is 9.52 Å². The summed E-state index contributed by atoms with van der Waals surface area (Å²) in [7, 11) is 0. The summed E-state index contributed by atoms with van der Waals surface area (Å²) in [5.41, 5.74) is 1.00. The highest BCUT2D eigenvalue weighted by atomic mass is 35.5. The Morgan fingerprint density at radius 3 is 2.94 bits per heavy atom. The number of carboxylic acid groups (broad SMARTS) is 1. The minimum Gasteiger partial charge on any atom is -0.475 e. The van der Waals surface area contributed by atoms with Crippen molar-refractivity contribution in [2.75, 3.05) is 0 Å². The third-order valence-electron chi connectivity index (χ3n) is 1.96. The normalized spacial score (nSPS) is 10.4. The fourth-order valence-electron chi connectivity index (χ4n) is 1.20. The van der Waals surface area contributed by atoms with Crippen LogP contribution >= 0.6 is 23.4 Å². The molecule has 17 heavy (non-hydrogen) atoms. The lowest BCUT2D eigenvalue weighted by Gasteiger charge is -1.99. The van der Waals surface area contributed by atoms with E-state index in [0.29, 0.717) is 16.0 Å². The smallest absolute Gasteiger partial charge is 0.371 e. The Labute approximate surface area is 107 Å². The van der Waals surface area contributed by atoms with Crippen LogP contribution in [-0.4, -0.2) is 16.1 Å². The Balaban J connectivity index is 2.00. The number of carbonyl (C=O) groups is 1. The van der Waals surface area contributed by atoms with Gasteiger partial charge in [-0.15, -0.1) is 0 Å². The highest BCUT2D eigenvalue weighted by Crippen LogP contribution is 2.25. The van der Waals surface area contributed by atoms with Gasteiger partial charge in [0.05, 0.1) is 0 Å². The first kappa shape index (κ1) is 12.0. The van der Waals surface area contributed by atoms with Crippen LogP contribution in [0.1, 0.15) is 16.1 Å². The quantitative estimate of drug-likeness (QED) is 0.681. The van der Waals surface area contributed by atoms with Crippen LogP contribution in [0, 0.1) is 0 Å². The minimum atomic E-state index is -1.07. The van der Waals surface area contributed by atoms with E-state index in [-0.39, 0.29) is 5.76 Å². The van der Waals surface area contributed by atoms with Crippen LogP contribution in [0.15, 0.2) is 40.0 Å². The predicted molar refractivity (Wildman–Crippen MR) is 64.5 cm³/mol.